The zero-order valence-electron chi connectivity index (χ0n) is 13.2. The van der Waals surface area contributed by atoms with Gasteiger partial charge in [-0.3, -0.25) is 15.6 Å². The van der Waals surface area contributed by atoms with Crippen molar-refractivity contribution >= 4 is 5.91 Å². The van der Waals surface area contributed by atoms with E-state index in [0.29, 0.717) is 6.54 Å². The van der Waals surface area contributed by atoms with Gasteiger partial charge in [0.25, 0.3) is 5.91 Å². The van der Waals surface area contributed by atoms with Gasteiger partial charge in [0.1, 0.15) is 11.6 Å². The van der Waals surface area contributed by atoms with Crippen LogP contribution >= 0.6 is 0 Å². The van der Waals surface area contributed by atoms with Crippen molar-refractivity contribution < 1.29 is 13.6 Å². The Morgan fingerprint density at radius 3 is 2.83 bits per heavy atom. The van der Waals surface area contributed by atoms with E-state index >= 15 is 0 Å². The number of carbonyl (C=O) groups excluding carboxylic acids is 1. The fourth-order valence-electron chi connectivity index (χ4n) is 2.60. The first-order valence-electron chi connectivity index (χ1n) is 7.61. The third-order valence-corrected chi connectivity index (χ3v) is 3.90. The van der Waals surface area contributed by atoms with Crippen LogP contribution in [-0.2, 0) is 6.54 Å². The Morgan fingerprint density at radius 1 is 1.42 bits per heavy atom. The molecule has 0 aliphatic carbocycles. The van der Waals surface area contributed by atoms with Crippen LogP contribution in [0.1, 0.15) is 22.5 Å². The highest BCUT2D eigenvalue weighted by atomic mass is 19.1. The summed E-state index contributed by atoms with van der Waals surface area (Å²) < 4.78 is 28.6. The fraction of sp³-hybridized carbons (Fsp3) is 0.400. The van der Waals surface area contributed by atoms with Crippen LogP contribution in [0.4, 0.5) is 8.78 Å². The lowest BCUT2D eigenvalue weighted by atomic mass is 10.2. The summed E-state index contributed by atoms with van der Waals surface area (Å²) in [5, 5.41) is 7.59. The molecule has 9 heteroatoms. The summed E-state index contributed by atoms with van der Waals surface area (Å²) in [6.07, 6.45) is 2.32. The van der Waals surface area contributed by atoms with Crippen molar-refractivity contribution in [3.8, 4) is 0 Å². The van der Waals surface area contributed by atoms with Crippen LogP contribution in [0.25, 0.3) is 0 Å². The van der Waals surface area contributed by atoms with E-state index in [1.165, 1.54) is 29.1 Å². The average molecular weight is 336 g/mol. The molecule has 128 valence electrons. The van der Waals surface area contributed by atoms with Gasteiger partial charge in [0.2, 0.25) is 0 Å². The summed E-state index contributed by atoms with van der Waals surface area (Å²) in [5.74, 6) is -1.60. The van der Waals surface area contributed by atoms with Gasteiger partial charge in [-0.25, -0.2) is 13.5 Å². The fourth-order valence-corrected chi connectivity index (χ4v) is 2.60. The highest BCUT2D eigenvalue weighted by Crippen LogP contribution is 2.13. The van der Waals surface area contributed by atoms with Gasteiger partial charge in [-0.05, 0) is 18.6 Å². The van der Waals surface area contributed by atoms with E-state index in [1.54, 1.807) is 11.9 Å². The monoisotopic (exact) mass is 336 g/mol. The zero-order valence-corrected chi connectivity index (χ0v) is 13.2. The Balaban J connectivity index is 1.67. The van der Waals surface area contributed by atoms with Gasteiger partial charge in [-0.1, -0.05) is 11.3 Å². The Bertz CT molecular complexity index is 708. The predicted molar refractivity (Wildman–Crippen MR) is 82.0 cm³/mol. The first-order valence-corrected chi connectivity index (χ1v) is 7.61. The number of nitrogens with zero attached hydrogens (tertiary/aromatic N) is 4. The van der Waals surface area contributed by atoms with Crippen LogP contribution in [0.15, 0.2) is 24.4 Å². The molecule has 1 unspecified atom stereocenters. The minimum Gasteiger partial charge on any atom is -0.339 e. The van der Waals surface area contributed by atoms with Gasteiger partial charge in [-0.15, -0.1) is 5.10 Å². The number of likely N-dealkylation sites (N-methyl/N-ethyl adjacent to an activating group) is 1. The summed E-state index contributed by atoms with van der Waals surface area (Å²) in [4.78, 5) is 13.9. The van der Waals surface area contributed by atoms with E-state index in [9.17, 15) is 13.6 Å². The van der Waals surface area contributed by atoms with E-state index in [2.05, 4.69) is 21.2 Å². The normalized spacial score (nSPS) is 17.2. The quantitative estimate of drug-likeness (QED) is 0.834. The lowest BCUT2D eigenvalue weighted by Crippen LogP contribution is -2.41. The highest BCUT2D eigenvalue weighted by Gasteiger charge is 2.22. The molecule has 0 radical (unpaired) electrons. The van der Waals surface area contributed by atoms with Crippen LogP contribution in [-0.4, -0.2) is 52.0 Å². The van der Waals surface area contributed by atoms with Crippen LogP contribution in [0.2, 0.25) is 0 Å². The zero-order chi connectivity index (χ0) is 17.1. The van der Waals surface area contributed by atoms with Gasteiger partial charge >= 0.3 is 0 Å². The van der Waals surface area contributed by atoms with Gasteiger partial charge in [-0.2, -0.15) is 0 Å². The van der Waals surface area contributed by atoms with Crippen molar-refractivity contribution in [2.45, 2.75) is 19.0 Å². The number of nitrogens with one attached hydrogen (secondary N) is 2. The van der Waals surface area contributed by atoms with Gasteiger partial charge in [0, 0.05) is 31.7 Å². The third kappa shape index (κ3) is 3.57. The number of carbonyl (C=O) groups is 1. The minimum absolute atomic E-state index is 0.115. The smallest absolute Gasteiger partial charge is 0.275 e. The van der Waals surface area contributed by atoms with Crippen LogP contribution in [0.3, 0.4) is 0 Å². The van der Waals surface area contributed by atoms with Crippen molar-refractivity contribution in [1.82, 2.24) is 30.7 Å². The molecule has 0 spiro atoms. The van der Waals surface area contributed by atoms with Crippen LogP contribution < -0.4 is 10.9 Å². The molecule has 2 N–H and O–H groups in total. The first-order chi connectivity index (χ1) is 11.5. The van der Waals surface area contributed by atoms with Crippen molar-refractivity contribution in [2.75, 3.05) is 20.1 Å². The molecule has 2 heterocycles. The highest BCUT2D eigenvalue weighted by molar-refractivity contribution is 5.91. The molecule has 1 atom stereocenters. The molecule has 1 aliphatic rings. The van der Waals surface area contributed by atoms with Gasteiger partial charge in [0.15, 0.2) is 5.69 Å². The SMILES string of the molecule is CN(CC1CCNN1)C(=O)c1cn(Cc2c(F)cccc2F)nn1. The van der Waals surface area contributed by atoms with E-state index < -0.39 is 11.6 Å². The lowest BCUT2D eigenvalue weighted by molar-refractivity contribution is 0.0777. The number of hydrogen-bond donors (Lipinski definition) is 2. The van der Waals surface area contributed by atoms with Crippen molar-refractivity contribution in [1.29, 1.82) is 0 Å². The van der Waals surface area contributed by atoms with Crippen molar-refractivity contribution in [3.05, 3.63) is 47.3 Å². The maximum atomic E-state index is 13.7. The summed E-state index contributed by atoms with van der Waals surface area (Å²) in [6, 6.07) is 3.84. The molecule has 1 aromatic carbocycles. The maximum absolute atomic E-state index is 13.7. The number of halogens is 2. The van der Waals surface area contributed by atoms with Gasteiger partial charge < -0.3 is 4.90 Å². The largest absolute Gasteiger partial charge is 0.339 e. The molecule has 2 aromatic rings. The Morgan fingerprint density at radius 2 is 2.17 bits per heavy atom. The summed E-state index contributed by atoms with van der Waals surface area (Å²) in [5.41, 5.74) is 6.11. The topological polar surface area (TPSA) is 75.1 Å². The number of benzene rings is 1. The summed E-state index contributed by atoms with van der Waals surface area (Å²) in [6.45, 7) is 1.26. The Labute approximate surface area is 137 Å². The maximum Gasteiger partial charge on any atom is 0.275 e. The van der Waals surface area contributed by atoms with Crippen LogP contribution in [0, 0.1) is 11.6 Å². The molecule has 0 saturated carbocycles. The third-order valence-electron chi connectivity index (χ3n) is 3.90. The molecule has 1 fully saturated rings. The van der Waals surface area contributed by atoms with E-state index in [4.69, 9.17) is 0 Å². The second-order valence-corrected chi connectivity index (χ2v) is 5.74. The molecule has 0 bridgehead atoms. The molecule has 1 aliphatic heterocycles. The molecule has 1 amide bonds. The molecular weight excluding hydrogens is 318 g/mol. The molecular formula is C15H18F2N6O. The van der Waals surface area contributed by atoms with Crippen molar-refractivity contribution in [2.24, 2.45) is 0 Å². The second kappa shape index (κ2) is 7.02. The second-order valence-electron chi connectivity index (χ2n) is 5.74. The number of rotatable bonds is 5. The van der Waals surface area contributed by atoms with E-state index in [1.807, 2.05) is 0 Å². The number of hydrazine groups is 1. The summed E-state index contributed by atoms with van der Waals surface area (Å²) >= 11 is 0. The number of aromatic nitrogens is 3. The Kier molecular flexibility index (Phi) is 4.81. The lowest BCUT2D eigenvalue weighted by Gasteiger charge is -2.19. The molecule has 1 aromatic heterocycles. The predicted octanol–water partition coefficient (Wildman–Crippen LogP) is 0.543. The number of hydrogen-bond acceptors (Lipinski definition) is 5. The Hall–Kier alpha value is -2.39. The van der Waals surface area contributed by atoms with E-state index in [0.717, 1.165) is 13.0 Å². The molecule has 1 saturated heterocycles. The first kappa shape index (κ1) is 16.5. The summed E-state index contributed by atoms with van der Waals surface area (Å²) in [7, 11) is 1.68. The molecule has 24 heavy (non-hydrogen) atoms. The van der Waals surface area contributed by atoms with Crippen LogP contribution in [0.5, 0.6) is 0 Å². The van der Waals surface area contributed by atoms with Crippen molar-refractivity contribution in [3.63, 3.8) is 0 Å². The standard InChI is InChI=1S/C15H18F2N6O/c1-22(7-10-5-6-18-19-10)15(24)14-9-23(21-20-14)8-11-12(16)3-2-4-13(11)17/h2-4,9-10,18-19H,5-8H2,1H3. The molecule has 3 rings (SSSR count). The minimum atomic E-state index is -0.657. The molecule has 7 nitrogen and oxygen atoms in total. The van der Waals surface area contributed by atoms with E-state index in [-0.39, 0.29) is 29.8 Å². The van der Waals surface area contributed by atoms with Gasteiger partial charge in [0.05, 0.1) is 12.7 Å². The average Bonchev–Trinajstić information content (AvgIpc) is 3.22. The number of amides is 1.